The van der Waals surface area contributed by atoms with Crippen LogP contribution in [-0.2, 0) is 14.4 Å². The fourth-order valence-corrected chi connectivity index (χ4v) is 4.39. The number of anilines is 2. The maximum atomic E-state index is 13.3. The van der Waals surface area contributed by atoms with Crippen molar-refractivity contribution in [2.45, 2.75) is 20.8 Å². The third-order valence-corrected chi connectivity index (χ3v) is 6.02. The van der Waals surface area contributed by atoms with Crippen LogP contribution < -0.4 is 15.5 Å². The highest BCUT2D eigenvalue weighted by atomic mass is 35.5. The summed E-state index contributed by atoms with van der Waals surface area (Å²) < 4.78 is 2.01. The van der Waals surface area contributed by atoms with Crippen LogP contribution in [-0.4, -0.2) is 27.4 Å². The van der Waals surface area contributed by atoms with Gasteiger partial charge in [-0.1, -0.05) is 23.7 Å². The Morgan fingerprint density at radius 2 is 1.76 bits per heavy atom. The molecule has 34 heavy (non-hydrogen) atoms. The molecule has 1 aliphatic heterocycles. The summed E-state index contributed by atoms with van der Waals surface area (Å²) in [5.74, 6) is -1.26. The average molecular weight is 493 g/mol. The Kier molecular flexibility index (Phi) is 6.37. The number of nitrogens with zero attached hydrogens (tertiary/aromatic N) is 2. The highest BCUT2D eigenvalue weighted by molar-refractivity contribution is 7.80. The van der Waals surface area contributed by atoms with Gasteiger partial charge in [0.25, 0.3) is 11.8 Å². The molecule has 1 saturated heterocycles. The van der Waals surface area contributed by atoms with Gasteiger partial charge in [0, 0.05) is 29.7 Å². The van der Waals surface area contributed by atoms with Crippen LogP contribution in [0.1, 0.15) is 23.9 Å². The number of para-hydroxylation sites is 1. The molecular formula is C25H21ClN4O3S. The van der Waals surface area contributed by atoms with Gasteiger partial charge in [-0.15, -0.1) is 0 Å². The summed E-state index contributed by atoms with van der Waals surface area (Å²) in [6, 6.07) is 16.1. The summed E-state index contributed by atoms with van der Waals surface area (Å²) in [6.45, 7) is 5.30. The molecule has 1 aliphatic rings. The maximum Gasteiger partial charge on any atom is 0.270 e. The molecule has 4 rings (SSSR count). The van der Waals surface area contributed by atoms with Crippen molar-refractivity contribution in [3.05, 3.63) is 82.1 Å². The van der Waals surface area contributed by atoms with Crippen molar-refractivity contribution in [1.82, 2.24) is 9.88 Å². The molecule has 0 saturated carbocycles. The van der Waals surface area contributed by atoms with E-state index in [1.807, 2.05) is 48.7 Å². The molecule has 0 radical (unpaired) electrons. The van der Waals surface area contributed by atoms with Crippen LogP contribution in [0.25, 0.3) is 11.8 Å². The number of benzene rings is 2. The smallest absolute Gasteiger partial charge is 0.270 e. The lowest BCUT2D eigenvalue weighted by Crippen LogP contribution is -2.54. The van der Waals surface area contributed by atoms with Crippen molar-refractivity contribution in [3.8, 4) is 5.69 Å². The first-order valence-corrected chi connectivity index (χ1v) is 11.2. The number of nitrogens with one attached hydrogen (secondary N) is 2. The largest absolute Gasteiger partial charge is 0.326 e. The average Bonchev–Trinajstić information content (AvgIpc) is 3.05. The Bertz CT molecular complexity index is 1380. The van der Waals surface area contributed by atoms with Gasteiger partial charge < -0.3 is 9.88 Å². The molecule has 1 aromatic heterocycles. The molecule has 0 spiro atoms. The van der Waals surface area contributed by atoms with Gasteiger partial charge in [-0.3, -0.25) is 24.6 Å². The SMILES string of the molecule is CC(=O)Nc1ccc(-n2c(C)cc(/C=C3\C(=O)NC(=S)N(c4ccccc4Cl)C3=O)c2C)cc1. The summed E-state index contributed by atoms with van der Waals surface area (Å²) in [5.41, 5.74) is 4.40. The Balaban J connectivity index is 1.72. The van der Waals surface area contributed by atoms with Crippen LogP contribution >= 0.6 is 23.8 Å². The zero-order chi connectivity index (χ0) is 24.6. The van der Waals surface area contributed by atoms with Crippen molar-refractivity contribution in [1.29, 1.82) is 0 Å². The van der Waals surface area contributed by atoms with Gasteiger partial charge >= 0.3 is 0 Å². The number of aromatic nitrogens is 1. The van der Waals surface area contributed by atoms with E-state index in [4.69, 9.17) is 23.8 Å². The van der Waals surface area contributed by atoms with Crippen LogP contribution in [0.2, 0.25) is 5.02 Å². The van der Waals surface area contributed by atoms with Gasteiger partial charge in [-0.05, 0) is 80.2 Å². The van der Waals surface area contributed by atoms with E-state index in [-0.39, 0.29) is 16.6 Å². The first-order chi connectivity index (χ1) is 16.2. The van der Waals surface area contributed by atoms with Gasteiger partial charge in [0.15, 0.2) is 5.11 Å². The summed E-state index contributed by atoms with van der Waals surface area (Å²) in [7, 11) is 0. The summed E-state index contributed by atoms with van der Waals surface area (Å²) >= 11 is 11.5. The van der Waals surface area contributed by atoms with Gasteiger partial charge in [-0.25, -0.2) is 0 Å². The zero-order valence-corrected chi connectivity index (χ0v) is 20.3. The lowest BCUT2D eigenvalue weighted by molar-refractivity contribution is -0.122. The number of halogens is 1. The van der Waals surface area contributed by atoms with E-state index in [1.54, 1.807) is 30.3 Å². The quantitative estimate of drug-likeness (QED) is 0.318. The minimum atomic E-state index is -0.567. The molecule has 2 heterocycles. The third-order valence-electron chi connectivity index (χ3n) is 5.41. The van der Waals surface area contributed by atoms with Gasteiger partial charge in [0.1, 0.15) is 5.57 Å². The first kappa shape index (κ1) is 23.4. The molecule has 2 aromatic carbocycles. The van der Waals surface area contributed by atoms with Crippen LogP contribution in [0, 0.1) is 13.8 Å². The van der Waals surface area contributed by atoms with E-state index in [9.17, 15) is 14.4 Å². The van der Waals surface area contributed by atoms with E-state index < -0.39 is 11.8 Å². The van der Waals surface area contributed by atoms with Crippen LogP contribution in [0.4, 0.5) is 11.4 Å². The summed E-state index contributed by atoms with van der Waals surface area (Å²) in [4.78, 5) is 38.5. The molecule has 2 N–H and O–H groups in total. The Morgan fingerprint density at radius 3 is 2.41 bits per heavy atom. The monoisotopic (exact) mass is 492 g/mol. The molecule has 9 heteroatoms. The minimum absolute atomic E-state index is 0.0232. The van der Waals surface area contributed by atoms with E-state index in [2.05, 4.69) is 10.6 Å². The van der Waals surface area contributed by atoms with Gasteiger partial charge in [-0.2, -0.15) is 0 Å². The van der Waals surface area contributed by atoms with E-state index in [1.165, 1.54) is 11.8 Å². The van der Waals surface area contributed by atoms with Crippen LogP contribution in [0.3, 0.4) is 0 Å². The number of carbonyl (C=O) groups excluding carboxylic acids is 3. The minimum Gasteiger partial charge on any atom is -0.326 e. The van der Waals surface area contributed by atoms with E-state index >= 15 is 0 Å². The maximum absolute atomic E-state index is 13.3. The first-order valence-electron chi connectivity index (χ1n) is 10.4. The second kappa shape index (κ2) is 9.24. The van der Waals surface area contributed by atoms with Crippen molar-refractivity contribution < 1.29 is 14.4 Å². The van der Waals surface area contributed by atoms with E-state index in [0.29, 0.717) is 22.0 Å². The number of amides is 3. The van der Waals surface area contributed by atoms with E-state index in [0.717, 1.165) is 17.1 Å². The summed E-state index contributed by atoms with van der Waals surface area (Å²) in [6.07, 6.45) is 1.56. The standard InChI is InChI=1S/C25H21ClN4O3S/c1-14-12-17(15(2)29(14)19-10-8-18(9-11-19)27-16(3)31)13-20-23(32)28-25(34)30(24(20)33)22-7-5-4-6-21(22)26/h4-13H,1-3H3,(H,27,31)(H,28,32,34)/b20-13+. The highest BCUT2D eigenvalue weighted by Gasteiger charge is 2.35. The fraction of sp³-hybridized carbons (Fsp3) is 0.120. The Hall–Kier alpha value is -3.75. The van der Waals surface area contributed by atoms with Gasteiger partial charge in [0.05, 0.1) is 10.7 Å². The van der Waals surface area contributed by atoms with Gasteiger partial charge in [0.2, 0.25) is 5.91 Å². The lowest BCUT2D eigenvalue weighted by atomic mass is 10.1. The van der Waals surface area contributed by atoms with Crippen molar-refractivity contribution in [3.63, 3.8) is 0 Å². The molecule has 1 fully saturated rings. The number of hydrogen-bond donors (Lipinski definition) is 2. The number of hydrogen-bond acceptors (Lipinski definition) is 4. The number of rotatable bonds is 4. The lowest BCUT2D eigenvalue weighted by Gasteiger charge is -2.29. The second-order valence-electron chi connectivity index (χ2n) is 7.80. The Labute approximate surface area is 207 Å². The predicted molar refractivity (Wildman–Crippen MR) is 137 cm³/mol. The fourth-order valence-electron chi connectivity index (χ4n) is 3.89. The molecule has 3 aromatic rings. The van der Waals surface area contributed by atoms with Crippen LogP contribution in [0.5, 0.6) is 0 Å². The molecule has 0 aliphatic carbocycles. The summed E-state index contributed by atoms with van der Waals surface area (Å²) in [5, 5.41) is 5.64. The molecule has 172 valence electrons. The number of aryl methyl sites for hydroxylation is 1. The molecular weight excluding hydrogens is 472 g/mol. The highest BCUT2D eigenvalue weighted by Crippen LogP contribution is 2.30. The van der Waals surface area contributed by atoms with Crippen molar-refractivity contribution in [2.75, 3.05) is 10.2 Å². The molecule has 3 amide bonds. The predicted octanol–water partition coefficient (Wildman–Crippen LogP) is 4.54. The molecule has 7 nitrogen and oxygen atoms in total. The van der Waals surface area contributed by atoms with Crippen molar-refractivity contribution >= 4 is 64.1 Å². The zero-order valence-electron chi connectivity index (χ0n) is 18.7. The number of carbonyl (C=O) groups is 3. The molecule has 0 bridgehead atoms. The topological polar surface area (TPSA) is 83.4 Å². The normalized spacial score (nSPS) is 15.0. The molecule has 0 atom stereocenters. The Morgan fingerprint density at radius 1 is 1.09 bits per heavy atom. The second-order valence-corrected chi connectivity index (χ2v) is 8.59. The van der Waals surface area contributed by atoms with Crippen molar-refractivity contribution in [2.24, 2.45) is 0 Å². The third kappa shape index (κ3) is 4.37. The van der Waals surface area contributed by atoms with Crippen LogP contribution in [0.15, 0.2) is 60.2 Å². The number of thiocarbonyl (C=S) groups is 1. The molecule has 0 unspecified atom stereocenters.